The van der Waals surface area contributed by atoms with Crippen molar-refractivity contribution in [1.29, 1.82) is 0 Å². The third-order valence-corrected chi connectivity index (χ3v) is 1.61. The molecule has 1 rings (SSSR count). The first-order chi connectivity index (χ1) is 5.18. The summed E-state index contributed by atoms with van der Waals surface area (Å²) in [6, 6.07) is 5.92. The van der Waals surface area contributed by atoms with E-state index in [9.17, 15) is 10.1 Å². The molecule has 0 spiro atoms. The van der Waals surface area contributed by atoms with Crippen LogP contribution < -0.4 is 0 Å². The minimum absolute atomic E-state index is 0.0388. The van der Waals surface area contributed by atoms with Crippen LogP contribution in [0.1, 0.15) is 0 Å². The molecule has 0 aromatic heterocycles. The summed E-state index contributed by atoms with van der Waals surface area (Å²) in [6.45, 7) is 0. The second kappa shape index (κ2) is 3.25. The van der Waals surface area contributed by atoms with Crippen molar-refractivity contribution in [3.05, 3.63) is 34.4 Å². The minimum atomic E-state index is -0.519. The topological polar surface area (TPSA) is 63.4 Å². The van der Waals surface area contributed by atoms with Crippen LogP contribution in [-0.2, 0) is 0 Å². The highest BCUT2D eigenvalue weighted by Crippen LogP contribution is 2.21. The normalized spacial score (nSPS) is 9.45. The summed E-state index contributed by atoms with van der Waals surface area (Å²) in [4.78, 5) is 10.4. The Kier molecular flexibility index (Phi) is 2.32. The van der Waals surface area contributed by atoms with Gasteiger partial charge in [0.15, 0.2) is 0 Å². The molecule has 0 atom stereocenters. The number of rotatable bonds is 2. The van der Waals surface area contributed by atoms with Gasteiger partial charge in [0.05, 0.1) is 4.90 Å². The van der Waals surface area contributed by atoms with Gasteiger partial charge < -0.3 is 5.11 Å². The maximum absolute atomic E-state index is 9.97. The van der Waals surface area contributed by atoms with E-state index in [-0.39, 0.29) is 5.75 Å². The van der Waals surface area contributed by atoms with E-state index in [2.05, 4.69) is 0 Å². The molecule has 4 nitrogen and oxygen atoms in total. The number of benzene rings is 1. The molecule has 0 aliphatic carbocycles. The molecule has 1 aromatic rings. The highest BCUT2D eigenvalue weighted by molar-refractivity contribution is 7.93. The Morgan fingerprint density at radius 2 is 2.27 bits per heavy atom. The Morgan fingerprint density at radius 3 is 2.82 bits per heavy atom. The second-order valence-electron chi connectivity index (χ2n) is 1.81. The number of phenolic OH excluding ortho intramolecular Hbond substituents is 1. The van der Waals surface area contributed by atoms with Gasteiger partial charge in [0, 0.05) is 0 Å². The van der Waals surface area contributed by atoms with Crippen molar-refractivity contribution in [1.82, 2.24) is 0 Å². The molecule has 11 heavy (non-hydrogen) atoms. The fourth-order valence-corrected chi connectivity index (χ4v) is 1.11. The largest absolute Gasteiger partial charge is 0.508 e. The fraction of sp³-hybridized carbons (Fsp3) is 0. The van der Waals surface area contributed by atoms with Gasteiger partial charge in [0.25, 0.3) is 11.9 Å². The predicted molar refractivity (Wildman–Crippen MR) is 41.0 cm³/mol. The van der Waals surface area contributed by atoms with Crippen molar-refractivity contribution in [2.24, 2.45) is 0 Å². The van der Waals surface area contributed by atoms with Gasteiger partial charge in [-0.3, -0.25) is 10.1 Å². The molecule has 0 unspecified atom stereocenters. The highest BCUT2D eigenvalue weighted by atomic mass is 32.2. The maximum Gasteiger partial charge on any atom is 0.265 e. The number of nitrogens with zero attached hydrogens (tertiary/aromatic N) is 1. The summed E-state index contributed by atoms with van der Waals surface area (Å²) in [5.74, 6) is 0.0388. The summed E-state index contributed by atoms with van der Waals surface area (Å²) < 4.78 is -0.519. The standard InChI is InChI=1S/C6H5NO3S/c8-5-2-1-3-6(4-5)11-7(9)10/h1-4,8H. The first-order valence-electron chi connectivity index (χ1n) is 2.80. The van der Waals surface area contributed by atoms with E-state index in [4.69, 9.17) is 5.11 Å². The van der Waals surface area contributed by atoms with Gasteiger partial charge in [-0.2, -0.15) is 0 Å². The third kappa shape index (κ3) is 2.46. The van der Waals surface area contributed by atoms with Crippen LogP contribution in [0, 0.1) is 10.1 Å². The zero-order valence-electron chi connectivity index (χ0n) is 5.43. The minimum Gasteiger partial charge on any atom is -0.508 e. The van der Waals surface area contributed by atoms with Crippen LogP contribution in [0.5, 0.6) is 5.75 Å². The van der Waals surface area contributed by atoms with Crippen molar-refractivity contribution in [3.8, 4) is 5.75 Å². The lowest BCUT2D eigenvalue weighted by Gasteiger charge is -1.91. The molecular weight excluding hydrogens is 166 g/mol. The van der Waals surface area contributed by atoms with Gasteiger partial charge >= 0.3 is 0 Å². The van der Waals surface area contributed by atoms with Crippen LogP contribution in [0.15, 0.2) is 29.2 Å². The van der Waals surface area contributed by atoms with Crippen molar-refractivity contribution < 1.29 is 9.44 Å². The number of hydrogen-bond acceptors (Lipinski definition) is 4. The Bertz CT molecular complexity index is 276. The molecule has 0 saturated heterocycles. The second-order valence-corrected chi connectivity index (χ2v) is 2.76. The van der Waals surface area contributed by atoms with Crippen LogP contribution in [-0.4, -0.2) is 9.44 Å². The monoisotopic (exact) mass is 171 g/mol. The van der Waals surface area contributed by atoms with E-state index in [0.717, 1.165) is 0 Å². The van der Waals surface area contributed by atoms with Crippen LogP contribution >= 0.6 is 11.9 Å². The Morgan fingerprint density at radius 1 is 1.55 bits per heavy atom. The van der Waals surface area contributed by atoms with Crippen molar-refractivity contribution in [3.63, 3.8) is 0 Å². The van der Waals surface area contributed by atoms with E-state index in [0.29, 0.717) is 16.8 Å². The van der Waals surface area contributed by atoms with Crippen LogP contribution in [0.4, 0.5) is 0 Å². The number of nitro groups is 1. The quantitative estimate of drug-likeness (QED) is 0.417. The molecule has 0 radical (unpaired) electrons. The van der Waals surface area contributed by atoms with Crippen molar-refractivity contribution >= 4 is 11.9 Å². The average molecular weight is 171 g/mol. The van der Waals surface area contributed by atoms with E-state index in [1.165, 1.54) is 12.1 Å². The summed E-state index contributed by atoms with van der Waals surface area (Å²) in [7, 11) is 0. The molecule has 0 fully saturated rings. The summed E-state index contributed by atoms with van der Waals surface area (Å²) >= 11 is 0.475. The number of hydrogen-bond donors (Lipinski definition) is 1. The molecule has 5 heteroatoms. The SMILES string of the molecule is O=[N+]([O-])Sc1cccc(O)c1. The molecule has 0 amide bonds. The van der Waals surface area contributed by atoms with Gasteiger partial charge in [-0.05, 0) is 18.2 Å². The zero-order chi connectivity index (χ0) is 8.27. The lowest BCUT2D eigenvalue weighted by molar-refractivity contribution is -0.284. The maximum atomic E-state index is 9.97. The Balaban J connectivity index is 2.79. The van der Waals surface area contributed by atoms with E-state index in [1.54, 1.807) is 12.1 Å². The predicted octanol–water partition coefficient (Wildman–Crippen LogP) is 1.68. The van der Waals surface area contributed by atoms with E-state index >= 15 is 0 Å². The first kappa shape index (κ1) is 7.87. The van der Waals surface area contributed by atoms with Crippen LogP contribution in [0.3, 0.4) is 0 Å². The van der Waals surface area contributed by atoms with Gasteiger partial charge in [-0.1, -0.05) is 6.07 Å². The molecule has 1 N–H and O–H groups in total. The molecule has 0 bridgehead atoms. The van der Waals surface area contributed by atoms with Gasteiger partial charge in [-0.25, -0.2) is 0 Å². The smallest absolute Gasteiger partial charge is 0.265 e. The van der Waals surface area contributed by atoms with Crippen LogP contribution in [0.25, 0.3) is 0 Å². The molecule has 0 aliphatic heterocycles. The lowest BCUT2D eigenvalue weighted by Crippen LogP contribution is -1.81. The zero-order valence-corrected chi connectivity index (χ0v) is 6.25. The summed E-state index contributed by atoms with van der Waals surface area (Å²) in [6.07, 6.45) is 0. The van der Waals surface area contributed by atoms with Crippen molar-refractivity contribution in [2.75, 3.05) is 0 Å². The molecule has 0 heterocycles. The average Bonchev–Trinajstić information content (AvgIpc) is 1.85. The number of aromatic hydroxyl groups is 1. The lowest BCUT2D eigenvalue weighted by atomic mass is 10.3. The molecular formula is C6H5NO3S. The van der Waals surface area contributed by atoms with E-state index < -0.39 is 4.33 Å². The van der Waals surface area contributed by atoms with Gasteiger partial charge in [0.1, 0.15) is 10.1 Å². The Hall–Kier alpha value is -1.23. The summed E-state index contributed by atoms with van der Waals surface area (Å²) in [5, 5.41) is 18.9. The van der Waals surface area contributed by atoms with Crippen molar-refractivity contribution in [2.45, 2.75) is 4.90 Å². The highest BCUT2D eigenvalue weighted by Gasteiger charge is 2.04. The third-order valence-electron chi connectivity index (χ3n) is 0.998. The van der Waals surface area contributed by atoms with Crippen LogP contribution in [0.2, 0.25) is 0 Å². The molecule has 1 aromatic carbocycles. The molecule has 0 aliphatic rings. The molecule has 58 valence electrons. The first-order valence-corrected chi connectivity index (χ1v) is 3.57. The number of phenols is 1. The fourth-order valence-electron chi connectivity index (χ4n) is 0.626. The molecule has 0 saturated carbocycles. The summed E-state index contributed by atoms with van der Waals surface area (Å²) in [5.41, 5.74) is 0. The van der Waals surface area contributed by atoms with E-state index in [1.807, 2.05) is 0 Å². The van der Waals surface area contributed by atoms with Gasteiger partial charge in [-0.15, -0.1) is 0 Å². The Labute approximate surface area is 67.1 Å². The van der Waals surface area contributed by atoms with Gasteiger partial charge in [0.2, 0.25) is 0 Å².